The molecule has 0 aliphatic heterocycles. The van der Waals surface area contributed by atoms with Gasteiger partial charge in [-0.2, -0.15) is 5.26 Å². The highest BCUT2D eigenvalue weighted by Gasteiger charge is 2.24. The van der Waals surface area contributed by atoms with Crippen LogP contribution in [0.4, 0.5) is 5.69 Å². The molecule has 0 aliphatic rings. The van der Waals surface area contributed by atoms with E-state index in [1.165, 1.54) is 21.5 Å². The second-order valence-electron chi connectivity index (χ2n) is 19.1. The Hall–Kier alpha value is -10.2. The molecule has 0 atom stereocenters. The average Bonchev–Trinajstić information content (AvgIpc) is 4.16. The zero-order valence-corrected chi connectivity index (χ0v) is 40.8. The van der Waals surface area contributed by atoms with E-state index in [0.717, 1.165) is 120 Å². The van der Waals surface area contributed by atoms with Crippen LogP contribution in [0.2, 0.25) is 0 Å². The Balaban J connectivity index is 1.06. The van der Waals surface area contributed by atoms with E-state index in [4.69, 9.17) is 16.5 Å². The molecular weight excluding hydrogens is 933 g/mol. The number of fused-ring (bicyclic) bond motifs is 13. The average molecular weight is 971 g/mol. The lowest BCUT2D eigenvalue weighted by molar-refractivity contribution is 1.18. The molecular formula is C68H38N6S. The molecule has 0 radical (unpaired) electrons. The van der Waals surface area contributed by atoms with Gasteiger partial charge in [-0.05, 0) is 117 Å². The fourth-order valence-corrected chi connectivity index (χ4v) is 12.6. The van der Waals surface area contributed by atoms with E-state index in [1.54, 1.807) is 11.3 Å². The molecule has 4 aromatic heterocycles. The third kappa shape index (κ3) is 6.63. The monoisotopic (exact) mass is 970 g/mol. The summed E-state index contributed by atoms with van der Waals surface area (Å²) in [7, 11) is 0. The summed E-state index contributed by atoms with van der Waals surface area (Å²) in [4.78, 5) is 17.5. The van der Waals surface area contributed by atoms with Crippen molar-refractivity contribution in [3.63, 3.8) is 0 Å². The van der Waals surface area contributed by atoms with E-state index in [9.17, 15) is 5.26 Å². The Kier molecular flexibility index (Phi) is 9.46. The fourth-order valence-electron chi connectivity index (χ4n) is 11.4. The van der Waals surface area contributed by atoms with Crippen LogP contribution in [0.3, 0.4) is 0 Å². The Bertz CT molecular complexity index is 4630. The predicted molar refractivity (Wildman–Crippen MR) is 311 cm³/mol. The van der Waals surface area contributed by atoms with Crippen molar-refractivity contribution in [2.75, 3.05) is 0 Å². The number of aromatic nitrogens is 4. The third-order valence-electron chi connectivity index (χ3n) is 14.9. The van der Waals surface area contributed by atoms with E-state index in [2.05, 4.69) is 202 Å². The number of nitrogens with zero attached hydrogens (tertiary/aromatic N) is 6. The molecule has 346 valence electrons. The minimum Gasteiger partial charge on any atom is -0.309 e. The van der Waals surface area contributed by atoms with Crippen LogP contribution in [0.1, 0.15) is 5.56 Å². The number of nitriles is 1. The van der Waals surface area contributed by atoms with Gasteiger partial charge in [-0.15, -0.1) is 11.3 Å². The number of benzene rings is 11. The lowest BCUT2D eigenvalue weighted by atomic mass is 9.93. The molecule has 75 heavy (non-hydrogen) atoms. The molecule has 0 aliphatic carbocycles. The largest absolute Gasteiger partial charge is 0.309 e. The van der Waals surface area contributed by atoms with Crippen LogP contribution in [0.15, 0.2) is 231 Å². The van der Waals surface area contributed by atoms with Gasteiger partial charge in [-0.3, -0.25) is 0 Å². The van der Waals surface area contributed by atoms with Crippen molar-refractivity contribution in [2.45, 2.75) is 0 Å². The zero-order chi connectivity index (χ0) is 49.7. The first-order valence-corrected chi connectivity index (χ1v) is 25.7. The van der Waals surface area contributed by atoms with Gasteiger partial charge in [0.1, 0.15) is 11.0 Å². The van der Waals surface area contributed by atoms with Crippen molar-refractivity contribution >= 4 is 104 Å². The van der Waals surface area contributed by atoms with Crippen molar-refractivity contribution in [2.24, 2.45) is 0 Å². The molecule has 4 heterocycles. The van der Waals surface area contributed by atoms with Crippen LogP contribution in [-0.4, -0.2) is 19.1 Å². The van der Waals surface area contributed by atoms with Crippen LogP contribution >= 0.6 is 11.3 Å². The number of hydrogen-bond donors (Lipinski definition) is 0. The predicted octanol–water partition coefficient (Wildman–Crippen LogP) is 18.4. The van der Waals surface area contributed by atoms with Crippen molar-refractivity contribution in [3.8, 4) is 60.6 Å². The molecule has 0 spiro atoms. The van der Waals surface area contributed by atoms with Gasteiger partial charge in [0, 0.05) is 43.7 Å². The normalized spacial score (nSPS) is 11.7. The maximum atomic E-state index is 9.65. The summed E-state index contributed by atoms with van der Waals surface area (Å²) < 4.78 is 4.75. The Labute approximate surface area is 434 Å². The molecule has 0 fully saturated rings. The van der Waals surface area contributed by atoms with Gasteiger partial charge in [-0.25, -0.2) is 14.8 Å². The standard InChI is InChI=1S/C68H38N6S/c1-70-48-30-24-43(25-31-48)45-27-33-52-51-32-26-44(42-22-20-41(40-69)21-23-42)36-57(51)63-64(58(52)37-45)72-66-65(71-63)67(46-28-34-55-53-16-8-10-18-59(53)73(61(55)38-46)49-12-4-2-5-13-49)75-68(66)47-29-35-56-54-17-9-11-19-60(54)74(62(56)39-47)50-14-6-3-7-15-50/h2-39H. The quantitative estimate of drug-likeness (QED) is 0.123. The number of thiophene rings is 1. The highest BCUT2D eigenvalue weighted by Crippen LogP contribution is 2.48. The fraction of sp³-hybridized carbons (Fsp3) is 0. The first-order valence-electron chi connectivity index (χ1n) is 24.9. The summed E-state index contributed by atoms with van der Waals surface area (Å²) in [6, 6.07) is 83.4. The second kappa shape index (κ2) is 16.7. The number of hydrogen-bond acceptors (Lipinski definition) is 4. The van der Waals surface area contributed by atoms with Gasteiger partial charge in [0.05, 0.1) is 61.1 Å². The van der Waals surface area contributed by atoms with Crippen molar-refractivity contribution < 1.29 is 0 Å². The van der Waals surface area contributed by atoms with E-state index in [0.29, 0.717) is 11.3 Å². The molecule has 0 saturated heterocycles. The van der Waals surface area contributed by atoms with Gasteiger partial charge < -0.3 is 9.13 Å². The van der Waals surface area contributed by atoms with E-state index >= 15 is 0 Å². The van der Waals surface area contributed by atoms with Gasteiger partial charge in [0.25, 0.3) is 0 Å². The van der Waals surface area contributed by atoms with Gasteiger partial charge in [0.15, 0.2) is 5.69 Å². The summed E-state index contributed by atoms with van der Waals surface area (Å²) in [5.74, 6) is 0. The highest BCUT2D eigenvalue weighted by molar-refractivity contribution is 7.21. The number of rotatable bonds is 6. The molecule has 0 unspecified atom stereocenters. The topological polar surface area (TPSA) is 63.8 Å². The lowest BCUT2D eigenvalue weighted by Crippen LogP contribution is -1.94. The van der Waals surface area contributed by atoms with Gasteiger partial charge in [0.2, 0.25) is 0 Å². The summed E-state index contributed by atoms with van der Waals surface area (Å²) in [6.07, 6.45) is 0. The van der Waals surface area contributed by atoms with Crippen molar-refractivity contribution in [1.29, 1.82) is 5.26 Å². The first-order chi connectivity index (χ1) is 37.1. The van der Waals surface area contributed by atoms with E-state index in [-0.39, 0.29) is 0 Å². The molecule has 11 aromatic carbocycles. The minimum atomic E-state index is 0.603. The molecule has 6 nitrogen and oxygen atoms in total. The van der Waals surface area contributed by atoms with Crippen LogP contribution in [-0.2, 0) is 0 Å². The second-order valence-corrected chi connectivity index (χ2v) is 20.1. The van der Waals surface area contributed by atoms with Gasteiger partial charge in [-0.1, -0.05) is 158 Å². The maximum absolute atomic E-state index is 9.65. The number of para-hydroxylation sites is 4. The van der Waals surface area contributed by atoms with Crippen LogP contribution in [0.5, 0.6) is 0 Å². The minimum absolute atomic E-state index is 0.603. The summed E-state index contributed by atoms with van der Waals surface area (Å²) >= 11 is 1.75. The molecule has 0 amide bonds. The SMILES string of the molecule is [C-]#[N+]c1ccc(-c2ccc3c4ccc(-c5ccc(C#N)cc5)cc4c4nc5c(-c6ccc7c8ccccc8n(-c8ccccc8)c7c6)sc(-c6ccc7c8ccccc8n(-c8ccccc8)c7c6)c5nc4c3c2)cc1. The summed E-state index contributed by atoms with van der Waals surface area (Å²) in [5, 5.41) is 18.6. The van der Waals surface area contributed by atoms with Crippen molar-refractivity contribution in [3.05, 3.63) is 248 Å². The molecule has 0 N–H and O–H groups in total. The Morgan fingerprint density at radius 1 is 0.360 bits per heavy atom. The van der Waals surface area contributed by atoms with E-state index in [1.807, 2.05) is 48.5 Å². The Morgan fingerprint density at radius 2 is 0.760 bits per heavy atom. The molecule has 7 heteroatoms. The summed E-state index contributed by atoms with van der Waals surface area (Å²) in [6.45, 7) is 7.60. The Morgan fingerprint density at radius 3 is 1.23 bits per heavy atom. The first kappa shape index (κ1) is 42.5. The highest BCUT2D eigenvalue weighted by atomic mass is 32.1. The maximum Gasteiger partial charge on any atom is 0.187 e. The van der Waals surface area contributed by atoms with E-state index < -0.39 is 0 Å². The van der Waals surface area contributed by atoms with Gasteiger partial charge >= 0.3 is 0 Å². The lowest BCUT2D eigenvalue weighted by Gasteiger charge is -2.13. The summed E-state index contributed by atoms with van der Waals surface area (Å²) in [5.41, 5.74) is 17.5. The zero-order valence-electron chi connectivity index (χ0n) is 40.0. The molecule has 15 rings (SSSR count). The third-order valence-corrected chi connectivity index (χ3v) is 16.2. The molecule has 15 aromatic rings. The molecule has 0 bridgehead atoms. The van der Waals surface area contributed by atoms with Crippen molar-refractivity contribution in [1.82, 2.24) is 19.1 Å². The smallest absolute Gasteiger partial charge is 0.187 e. The van der Waals surface area contributed by atoms with Crippen LogP contribution < -0.4 is 0 Å². The van der Waals surface area contributed by atoms with Crippen LogP contribution in [0.25, 0.3) is 147 Å². The van der Waals surface area contributed by atoms with Crippen LogP contribution in [0, 0.1) is 17.9 Å². The molecule has 0 saturated carbocycles.